The van der Waals surface area contributed by atoms with E-state index in [1.54, 1.807) is 6.55 Å². The van der Waals surface area contributed by atoms with Crippen molar-refractivity contribution in [2.45, 2.75) is 19.8 Å². The molecule has 3 aromatic rings. The second-order valence-electron chi connectivity index (χ2n) is 9.16. The molecule has 0 atom stereocenters. The molecular formula is C26H31N3Zr. The van der Waals surface area contributed by atoms with Crippen molar-refractivity contribution < 1.29 is 20.8 Å². The van der Waals surface area contributed by atoms with Crippen LogP contribution in [0.15, 0.2) is 57.9 Å². The minimum atomic E-state index is -3.30. The molecule has 2 aliphatic carbocycles. The predicted molar refractivity (Wildman–Crippen MR) is 125 cm³/mol. The van der Waals surface area contributed by atoms with Gasteiger partial charge in [-0.2, -0.15) is 0 Å². The average Bonchev–Trinajstić information content (AvgIpc) is 3.41. The Morgan fingerprint density at radius 2 is 1.70 bits per heavy atom. The average molecular weight is 477 g/mol. The van der Waals surface area contributed by atoms with Gasteiger partial charge >= 0.3 is 186 Å². The third-order valence-corrected chi connectivity index (χ3v) is 20.0. The van der Waals surface area contributed by atoms with E-state index in [0.717, 1.165) is 12.8 Å². The third-order valence-electron chi connectivity index (χ3n) is 7.18. The summed E-state index contributed by atoms with van der Waals surface area (Å²) in [6, 6.07) is 13.7. The van der Waals surface area contributed by atoms with E-state index in [-0.39, 0.29) is 0 Å². The van der Waals surface area contributed by atoms with Crippen LogP contribution in [0.1, 0.15) is 23.1 Å². The zero-order chi connectivity index (χ0) is 21.2. The van der Waals surface area contributed by atoms with Crippen molar-refractivity contribution in [1.82, 2.24) is 10.3 Å². The van der Waals surface area contributed by atoms with Gasteiger partial charge in [0.15, 0.2) is 0 Å². The van der Waals surface area contributed by atoms with Gasteiger partial charge in [0.2, 0.25) is 0 Å². The van der Waals surface area contributed by atoms with Crippen LogP contribution in [0.3, 0.4) is 0 Å². The summed E-state index contributed by atoms with van der Waals surface area (Å²) >= 11 is -3.30. The molecule has 2 aliphatic rings. The Bertz CT molecular complexity index is 1220. The molecule has 0 unspecified atom stereocenters. The molecule has 0 N–H and O–H groups in total. The van der Waals surface area contributed by atoms with Gasteiger partial charge in [0.25, 0.3) is 0 Å². The van der Waals surface area contributed by atoms with Crippen LogP contribution in [-0.2, 0) is 34.3 Å². The van der Waals surface area contributed by atoms with Crippen LogP contribution in [0.4, 0.5) is 0 Å². The fraction of sp³-hybridized carbons (Fsp3) is 0.308. The zero-order valence-electron chi connectivity index (χ0n) is 19.0. The normalized spacial score (nSPS) is 15.4. The number of fused-ring (bicyclic) bond motifs is 5. The second kappa shape index (κ2) is 7.16. The first kappa shape index (κ1) is 20.2. The molecule has 0 amide bonds. The molecule has 1 heterocycles. The van der Waals surface area contributed by atoms with E-state index >= 15 is 0 Å². The topological polar surface area (TPSA) is 11.4 Å². The summed E-state index contributed by atoms with van der Waals surface area (Å²) < 4.78 is 10.9. The van der Waals surface area contributed by atoms with E-state index in [9.17, 15) is 0 Å². The first-order valence-electron chi connectivity index (χ1n) is 10.8. The predicted octanol–water partition coefficient (Wildman–Crippen LogP) is 4.63. The fourth-order valence-corrected chi connectivity index (χ4v) is 18.7. The van der Waals surface area contributed by atoms with Gasteiger partial charge in [0.1, 0.15) is 0 Å². The minimum absolute atomic E-state index is 1.04. The Morgan fingerprint density at radius 1 is 0.967 bits per heavy atom. The third kappa shape index (κ3) is 2.54. The van der Waals surface area contributed by atoms with Gasteiger partial charge in [0.05, 0.1) is 0 Å². The molecule has 2 aromatic carbocycles. The molecule has 0 fully saturated rings. The van der Waals surface area contributed by atoms with Crippen LogP contribution in [0, 0.1) is 6.92 Å². The van der Waals surface area contributed by atoms with Gasteiger partial charge in [-0.25, -0.2) is 0 Å². The Labute approximate surface area is 185 Å². The van der Waals surface area contributed by atoms with Crippen molar-refractivity contribution in [3.8, 4) is 11.3 Å². The summed E-state index contributed by atoms with van der Waals surface area (Å²) in [6.45, 7) is 2.33. The van der Waals surface area contributed by atoms with Crippen LogP contribution in [0.2, 0.25) is 0 Å². The van der Waals surface area contributed by atoms with Gasteiger partial charge in [-0.3, -0.25) is 0 Å². The van der Waals surface area contributed by atoms with Crippen LogP contribution in [-0.4, -0.2) is 38.4 Å². The molecule has 1 aromatic heterocycles. The summed E-state index contributed by atoms with van der Waals surface area (Å²) in [5, 5.41) is 1.52. The van der Waals surface area contributed by atoms with E-state index in [1.807, 2.05) is 0 Å². The van der Waals surface area contributed by atoms with Crippen molar-refractivity contribution in [3.63, 3.8) is 0 Å². The van der Waals surface area contributed by atoms with E-state index in [1.165, 1.54) is 38.9 Å². The monoisotopic (exact) mass is 475 g/mol. The number of allylic oxidation sites excluding steroid dienone is 4. The van der Waals surface area contributed by atoms with Crippen molar-refractivity contribution in [3.05, 3.63) is 74.6 Å². The molecule has 30 heavy (non-hydrogen) atoms. The molecule has 0 aliphatic heterocycles. The first-order valence-corrected chi connectivity index (χ1v) is 15.4. The number of aromatic nitrogens is 1. The molecule has 0 radical (unpaired) electrons. The van der Waals surface area contributed by atoms with Gasteiger partial charge in [-0.1, -0.05) is 0 Å². The molecule has 3 nitrogen and oxygen atoms in total. The Kier molecular flexibility index (Phi) is 4.81. The molecule has 0 bridgehead atoms. The molecule has 4 heteroatoms. The maximum absolute atomic E-state index is 3.30. The standard InChI is InChI=1S/C17H14N.C5H5.2C2H6N.Zr/c1-11-7-8-16-14(9-11)15-10-12-5-3-4-6-13(12)17(15)18(16)2;1-2-4-5-3-1;2*1-3-2;/h3-8H,10H2,1-2H3;1-3H,4H2;2*1-2H3;/q;;2*-1;+2. The van der Waals surface area contributed by atoms with Gasteiger partial charge in [0, 0.05) is 0 Å². The van der Waals surface area contributed by atoms with Crippen molar-refractivity contribution in [2.75, 3.05) is 28.2 Å². The number of benzene rings is 2. The van der Waals surface area contributed by atoms with Crippen LogP contribution < -0.4 is 3.27 Å². The number of hydrogen-bond donors (Lipinski definition) is 0. The van der Waals surface area contributed by atoms with Crippen molar-refractivity contribution in [1.29, 1.82) is 0 Å². The van der Waals surface area contributed by atoms with Gasteiger partial charge in [-0.05, 0) is 0 Å². The summed E-state index contributed by atoms with van der Waals surface area (Å²) in [7, 11) is 11.5. The molecule has 0 saturated heterocycles. The summed E-state index contributed by atoms with van der Waals surface area (Å²) in [4.78, 5) is 0. The number of hydrogen-bond acceptors (Lipinski definition) is 2. The SMILES string of the molecule is Cc1ccc2c(c3c(n2C)-c2ccccc2C3)[c]1[Zr]([C]1=CC=CC1)([N](C)C)[N](C)C. The number of aryl methyl sites for hydroxylation is 2. The van der Waals surface area contributed by atoms with E-state index in [4.69, 9.17) is 0 Å². The number of nitrogens with zero attached hydrogens (tertiary/aromatic N) is 3. The summed E-state index contributed by atoms with van der Waals surface area (Å²) in [5.41, 5.74) is 8.65. The van der Waals surface area contributed by atoms with E-state index in [0.29, 0.717) is 0 Å². The van der Waals surface area contributed by atoms with Crippen LogP contribution in [0.25, 0.3) is 22.2 Å². The Hall–Kier alpha value is -1.74. The first-order chi connectivity index (χ1) is 14.4. The molecular weight excluding hydrogens is 446 g/mol. The molecule has 5 rings (SSSR count). The molecule has 0 saturated carbocycles. The van der Waals surface area contributed by atoms with Gasteiger partial charge < -0.3 is 0 Å². The maximum atomic E-state index is 2.61. The van der Waals surface area contributed by atoms with Crippen LogP contribution in [0.5, 0.6) is 0 Å². The number of rotatable bonds is 4. The summed E-state index contributed by atoms with van der Waals surface area (Å²) in [6.07, 6.45) is 9.12. The Balaban J connectivity index is 1.91. The molecule has 0 spiro atoms. The fourth-order valence-electron chi connectivity index (χ4n) is 6.07. The van der Waals surface area contributed by atoms with Crippen molar-refractivity contribution >= 4 is 14.2 Å². The van der Waals surface area contributed by atoms with E-state index < -0.39 is 20.8 Å². The van der Waals surface area contributed by atoms with Crippen LogP contribution >= 0.6 is 0 Å². The zero-order valence-corrected chi connectivity index (χ0v) is 21.4. The second-order valence-corrected chi connectivity index (χ2v) is 19.7. The Morgan fingerprint density at radius 3 is 2.37 bits per heavy atom. The quantitative estimate of drug-likeness (QED) is 0.425. The van der Waals surface area contributed by atoms with Crippen molar-refractivity contribution in [2.24, 2.45) is 7.05 Å². The van der Waals surface area contributed by atoms with Gasteiger partial charge in [-0.15, -0.1) is 0 Å². The summed E-state index contributed by atoms with van der Waals surface area (Å²) in [5.74, 6) is 0. The molecule has 154 valence electrons. The van der Waals surface area contributed by atoms with E-state index in [2.05, 4.69) is 107 Å².